The molecular weight excluding hydrogens is 781 g/mol. The Morgan fingerprint density at radius 3 is 0.905 bits per heavy atom. The lowest BCUT2D eigenvalue weighted by molar-refractivity contribution is -0.167. The van der Waals surface area contributed by atoms with Crippen LogP contribution in [0.1, 0.15) is 303 Å². The van der Waals surface area contributed by atoms with Crippen LogP contribution in [0.15, 0.2) is 24.3 Å². The van der Waals surface area contributed by atoms with Crippen LogP contribution < -0.4 is 0 Å². The molecule has 6 nitrogen and oxygen atoms in total. The quantitative estimate of drug-likeness (QED) is 0.0262. The van der Waals surface area contributed by atoms with E-state index in [-0.39, 0.29) is 31.1 Å². The van der Waals surface area contributed by atoms with Crippen molar-refractivity contribution in [2.45, 2.75) is 309 Å². The molecule has 0 rings (SSSR count). The summed E-state index contributed by atoms with van der Waals surface area (Å²) in [6.45, 7) is 6.61. The van der Waals surface area contributed by atoms with Gasteiger partial charge in [-0.05, 0) is 51.4 Å². The van der Waals surface area contributed by atoms with Crippen molar-refractivity contribution in [3.63, 3.8) is 0 Å². The van der Waals surface area contributed by atoms with Gasteiger partial charge < -0.3 is 14.2 Å². The Balaban J connectivity index is 4.18. The Hall–Kier alpha value is -2.11. The van der Waals surface area contributed by atoms with Crippen LogP contribution in [0.3, 0.4) is 0 Å². The van der Waals surface area contributed by atoms with Gasteiger partial charge in [0.25, 0.3) is 0 Å². The molecule has 0 fully saturated rings. The fraction of sp³-hybridized carbons (Fsp3) is 0.877. The highest BCUT2D eigenvalue weighted by atomic mass is 16.6. The van der Waals surface area contributed by atoms with E-state index in [1.807, 2.05) is 0 Å². The summed E-state index contributed by atoms with van der Waals surface area (Å²) >= 11 is 0. The number of carbonyl (C=O) groups is 3. The number of unbranched alkanes of at least 4 members (excludes halogenated alkanes) is 36. The van der Waals surface area contributed by atoms with Gasteiger partial charge in [-0.15, -0.1) is 0 Å². The molecule has 1 unspecified atom stereocenters. The maximum atomic E-state index is 12.8. The first-order valence-electron chi connectivity index (χ1n) is 27.8. The van der Waals surface area contributed by atoms with E-state index in [2.05, 4.69) is 45.1 Å². The molecule has 0 saturated carbocycles. The third-order valence-corrected chi connectivity index (χ3v) is 12.5. The van der Waals surface area contributed by atoms with Crippen molar-refractivity contribution in [3.05, 3.63) is 24.3 Å². The van der Waals surface area contributed by atoms with Crippen molar-refractivity contribution in [2.24, 2.45) is 0 Å². The van der Waals surface area contributed by atoms with E-state index in [0.29, 0.717) is 19.3 Å². The predicted molar refractivity (Wildman–Crippen MR) is 270 cm³/mol. The van der Waals surface area contributed by atoms with Crippen LogP contribution in [-0.4, -0.2) is 37.2 Å². The summed E-state index contributed by atoms with van der Waals surface area (Å²) in [6, 6.07) is 0. The van der Waals surface area contributed by atoms with Gasteiger partial charge in [0.15, 0.2) is 6.10 Å². The lowest BCUT2D eigenvalue weighted by atomic mass is 10.0. The van der Waals surface area contributed by atoms with Gasteiger partial charge >= 0.3 is 17.9 Å². The molecule has 0 N–H and O–H groups in total. The largest absolute Gasteiger partial charge is 0.462 e. The van der Waals surface area contributed by atoms with E-state index < -0.39 is 6.10 Å². The molecule has 0 aliphatic rings. The second-order valence-electron chi connectivity index (χ2n) is 18.9. The summed E-state index contributed by atoms with van der Waals surface area (Å²) < 4.78 is 16.8. The van der Waals surface area contributed by atoms with Crippen molar-refractivity contribution in [3.8, 4) is 0 Å². The van der Waals surface area contributed by atoms with Crippen LogP contribution in [0, 0.1) is 0 Å². The minimum atomic E-state index is -0.766. The first kappa shape index (κ1) is 60.9. The maximum Gasteiger partial charge on any atom is 0.306 e. The third-order valence-electron chi connectivity index (χ3n) is 12.5. The molecule has 0 aromatic heterocycles. The van der Waals surface area contributed by atoms with E-state index in [0.717, 1.165) is 64.2 Å². The first-order chi connectivity index (χ1) is 31.0. The van der Waals surface area contributed by atoms with Crippen LogP contribution in [0.5, 0.6) is 0 Å². The van der Waals surface area contributed by atoms with E-state index in [4.69, 9.17) is 14.2 Å². The summed E-state index contributed by atoms with van der Waals surface area (Å²) in [7, 11) is 0. The summed E-state index contributed by atoms with van der Waals surface area (Å²) in [5, 5.41) is 0. The maximum absolute atomic E-state index is 12.8. The number of hydrogen-bond donors (Lipinski definition) is 0. The molecule has 6 heteroatoms. The molecule has 370 valence electrons. The van der Waals surface area contributed by atoms with Crippen molar-refractivity contribution < 1.29 is 28.6 Å². The normalized spacial score (nSPS) is 12.1. The van der Waals surface area contributed by atoms with Crippen molar-refractivity contribution in [2.75, 3.05) is 13.2 Å². The van der Waals surface area contributed by atoms with Gasteiger partial charge in [-0.3, -0.25) is 14.4 Å². The number of esters is 3. The molecule has 63 heavy (non-hydrogen) atoms. The van der Waals surface area contributed by atoms with Gasteiger partial charge in [0.05, 0.1) is 0 Å². The molecule has 0 amide bonds. The predicted octanol–water partition coefficient (Wildman–Crippen LogP) is 18.3. The van der Waals surface area contributed by atoms with Gasteiger partial charge in [0, 0.05) is 19.3 Å². The number of allylic oxidation sites excluding steroid dienone is 4. The Morgan fingerprint density at radius 1 is 0.317 bits per heavy atom. The summed E-state index contributed by atoms with van der Waals surface area (Å²) in [5.41, 5.74) is 0. The number of hydrogen-bond acceptors (Lipinski definition) is 6. The lowest BCUT2D eigenvalue weighted by Crippen LogP contribution is -2.30. The molecule has 0 bridgehead atoms. The summed E-state index contributed by atoms with van der Waals surface area (Å²) in [4.78, 5) is 37.9. The highest BCUT2D eigenvalue weighted by Gasteiger charge is 2.19. The molecule has 0 saturated heterocycles. The van der Waals surface area contributed by atoms with Crippen molar-refractivity contribution >= 4 is 17.9 Å². The second kappa shape index (κ2) is 52.5. The standard InChI is InChI=1S/C57H106O6/c1-4-7-10-13-16-18-20-22-24-26-28-30-32-34-36-38-41-44-47-50-56(59)62-53-54(52-61-55(58)49-46-43-40-15-12-9-6-3)63-57(60)51-48-45-42-39-37-35-33-31-29-27-25-23-21-19-17-14-11-8-5-2/h16,18,22,24,54H,4-15,17,19-21,23,25-53H2,1-3H3/b18-16-,24-22-. The van der Waals surface area contributed by atoms with E-state index in [1.165, 1.54) is 199 Å². The molecule has 0 aromatic rings. The zero-order valence-electron chi connectivity index (χ0n) is 42.4. The Bertz CT molecular complexity index is 1020. The molecule has 0 radical (unpaired) electrons. The van der Waals surface area contributed by atoms with Crippen LogP contribution in [0.4, 0.5) is 0 Å². The monoisotopic (exact) mass is 887 g/mol. The second-order valence-corrected chi connectivity index (χ2v) is 18.9. The van der Waals surface area contributed by atoms with Gasteiger partial charge in [0.1, 0.15) is 13.2 Å². The molecule has 0 aliphatic carbocycles. The van der Waals surface area contributed by atoms with E-state index in [1.54, 1.807) is 0 Å². The zero-order chi connectivity index (χ0) is 45.8. The number of carbonyl (C=O) groups excluding carboxylic acids is 3. The molecule has 0 heterocycles. The topological polar surface area (TPSA) is 78.9 Å². The highest BCUT2D eigenvalue weighted by Crippen LogP contribution is 2.17. The van der Waals surface area contributed by atoms with Crippen LogP contribution in [-0.2, 0) is 28.6 Å². The first-order valence-corrected chi connectivity index (χ1v) is 27.8. The van der Waals surface area contributed by atoms with Gasteiger partial charge in [-0.1, -0.05) is 257 Å². The van der Waals surface area contributed by atoms with Gasteiger partial charge in [0.2, 0.25) is 0 Å². The smallest absolute Gasteiger partial charge is 0.306 e. The number of rotatable bonds is 51. The minimum absolute atomic E-state index is 0.0684. The minimum Gasteiger partial charge on any atom is -0.462 e. The fourth-order valence-corrected chi connectivity index (χ4v) is 8.24. The highest BCUT2D eigenvalue weighted by molar-refractivity contribution is 5.71. The van der Waals surface area contributed by atoms with Crippen molar-refractivity contribution in [1.82, 2.24) is 0 Å². The third kappa shape index (κ3) is 50.7. The zero-order valence-corrected chi connectivity index (χ0v) is 42.4. The Labute approximate surface area is 392 Å². The molecule has 1 atom stereocenters. The summed E-state index contributed by atoms with van der Waals surface area (Å²) in [6.07, 6.45) is 60.4. The molecular formula is C57H106O6. The van der Waals surface area contributed by atoms with Gasteiger partial charge in [-0.2, -0.15) is 0 Å². The van der Waals surface area contributed by atoms with E-state index >= 15 is 0 Å². The van der Waals surface area contributed by atoms with Crippen molar-refractivity contribution in [1.29, 1.82) is 0 Å². The Kier molecular flexibility index (Phi) is 50.8. The summed E-state index contributed by atoms with van der Waals surface area (Å²) in [5.74, 6) is -0.861. The van der Waals surface area contributed by atoms with Gasteiger partial charge in [-0.25, -0.2) is 0 Å². The van der Waals surface area contributed by atoms with Crippen LogP contribution >= 0.6 is 0 Å². The van der Waals surface area contributed by atoms with Crippen LogP contribution in [0.2, 0.25) is 0 Å². The average Bonchev–Trinajstić information content (AvgIpc) is 3.28. The molecule has 0 aliphatic heterocycles. The molecule has 0 aromatic carbocycles. The average molecular weight is 887 g/mol. The molecule has 0 spiro atoms. The number of ether oxygens (including phenoxy) is 3. The van der Waals surface area contributed by atoms with Crippen LogP contribution in [0.25, 0.3) is 0 Å². The lowest BCUT2D eigenvalue weighted by Gasteiger charge is -2.18. The fourth-order valence-electron chi connectivity index (χ4n) is 8.24. The SMILES string of the molecule is CCCCC/C=C\C/C=C\CCCCCCCCCCCC(=O)OCC(COC(=O)CCCCCCCCC)OC(=O)CCCCCCCCCCCCCCCCCCCCC. The van der Waals surface area contributed by atoms with E-state index in [9.17, 15) is 14.4 Å². The Morgan fingerprint density at radius 2 is 0.571 bits per heavy atom.